The van der Waals surface area contributed by atoms with Gasteiger partial charge in [0.25, 0.3) is 0 Å². The van der Waals surface area contributed by atoms with Crippen molar-refractivity contribution in [3.8, 4) is 0 Å². The van der Waals surface area contributed by atoms with E-state index in [1.165, 1.54) is 11.8 Å². The molecule has 1 fully saturated rings. The van der Waals surface area contributed by atoms with Gasteiger partial charge in [0.15, 0.2) is 5.12 Å². The summed E-state index contributed by atoms with van der Waals surface area (Å²) >= 11 is 1.21. The molecule has 2 unspecified atom stereocenters. The first-order valence-electron chi connectivity index (χ1n) is 4.21. The molecule has 0 aliphatic carbocycles. The van der Waals surface area contributed by atoms with Crippen molar-refractivity contribution in [3.05, 3.63) is 0 Å². The van der Waals surface area contributed by atoms with Gasteiger partial charge in [0.2, 0.25) is 5.91 Å². The number of nitrogens with one attached hydrogen (secondary N) is 1. The molecule has 0 aromatic rings. The fraction of sp³-hybridized carbons (Fsp3) is 0.750. The number of carbonyl (C=O) groups is 2. The smallest absolute Gasteiger partial charge is 0.224 e. The molecule has 74 valence electrons. The van der Waals surface area contributed by atoms with Crippen LogP contribution in [0.4, 0.5) is 0 Å². The number of rotatable bonds is 3. The van der Waals surface area contributed by atoms with Crippen LogP contribution in [0, 0.1) is 5.92 Å². The lowest BCUT2D eigenvalue weighted by molar-refractivity contribution is -0.126. The third kappa shape index (κ3) is 3.36. The van der Waals surface area contributed by atoms with Crippen molar-refractivity contribution in [2.24, 2.45) is 5.92 Å². The zero-order valence-electron chi connectivity index (χ0n) is 7.45. The van der Waals surface area contributed by atoms with Gasteiger partial charge in [0.05, 0.1) is 12.0 Å². The number of amides is 1. The Morgan fingerprint density at radius 2 is 2.54 bits per heavy atom. The number of hydrogen-bond donors (Lipinski definition) is 2. The van der Waals surface area contributed by atoms with Crippen LogP contribution >= 0.6 is 11.8 Å². The standard InChI is InChI=1S/C8H13NO3S/c1-5(10)3-9-8(12)6-2-7(11)13-4-6/h5-6,10H,2-4H2,1H3,(H,9,12). The van der Waals surface area contributed by atoms with Crippen LogP contribution in [-0.2, 0) is 9.59 Å². The van der Waals surface area contributed by atoms with Gasteiger partial charge in [-0.3, -0.25) is 9.59 Å². The molecule has 0 aromatic carbocycles. The highest BCUT2D eigenvalue weighted by Gasteiger charge is 2.28. The van der Waals surface area contributed by atoms with Crippen LogP contribution in [-0.4, -0.2) is 34.5 Å². The highest BCUT2D eigenvalue weighted by atomic mass is 32.2. The van der Waals surface area contributed by atoms with Gasteiger partial charge in [-0.25, -0.2) is 0 Å². The fourth-order valence-corrected chi connectivity index (χ4v) is 2.05. The molecule has 1 rings (SSSR count). The van der Waals surface area contributed by atoms with Gasteiger partial charge in [-0.15, -0.1) is 0 Å². The van der Waals surface area contributed by atoms with E-state index in [4.69, 9.17) is 5.11 Å². The Hall–Kier alpha value is -0.550. The molecule has 0 radical (unpaired) electrons. The molecule has 1 aliphatic heterocycles. The van der Waals surface area contributed by atoms with Crippen molar-refractivity contribution in [3.63, 3.8) is 0 Å². The fourth-order valence-electron chi connectivity index (χ4n) is 1.07. The summed E-state index contributed by atoms with van der Waals surface area (Å²) in [7, 11) is 0. The molecule has 0 bridgehead atoms. The summed E-state index contributed by atoms with van der Waals surface area (Å²) in [6.45, 7) is 1.86. The summed E-state index contributed by atoms with van der Waals surface area (Å²) in [5, 5.41) is 11.6. The molecular formula is C8H13NO3S. The number of aliphatic hydroxyl groups is 1. The van der Waals surface area contributed by atoms with Crippen LogP contribution in [0.25, 0.3) is 0 Å². The summed E-state index contributed by atoms with van der Waals surface area (Å²) in [5.74, 6) is 0.250. The first kappa shape index (κ1) is 10.5. The van der Waals surface area contributed by atoms with E-state index in [1.807, 2.05) is 0 Å². The van der Waals surface area contributed by atoms with Crippen LogP contribution < -0.4 is 5.32 Å². The number of thioether (sulfide) groups is 1. The van der Waals surface area contributed by atoms with Crippen molar-refractivity contribution in [1.82, 2.24) is 5.32 Å². The molecular weight excluding hydrogens is 190 g/mol. The third-order valence-electron chi connectivity index (χ3n) is 1.80. The quantitative estimate of drug-likeness (QED) is 0.664. The molecule has 2 atom stereocenters. The Bertz CT molecular complexity index is 217. The maximum Gasteiger partial charge on any atom is 0.224 e. The molecule has 5 heteroatoms. The van der Waals surface area contributed by atoms with E-state index in [-0.39, 0.29) is 23.5 Å². The minimum Gasteiger partial charge on any atom is -0.392 e. The summed E-state index contributed by atoms with van der Waals surface area (Å²) in [6.07, 6.45) is -0.204. The van der Waals surface area contributed by atoms with E-state index < -0.39 is 6.10 Å². The summed E-state index contributed by atoms with van der Waals surface area (Å²) in [4.78, 5) is 22.1. The van der Waals surface area contributed by atoms with Gasteiger partial charge in [0.1, 0.15) is 0 Å². The maximum atomic E-state index is 11.3. The van der Waals surface area contributed by atoms with Crippen LogP contribution in [0.3, 0.4) is 0 Å². The minimum absolute atomic E-state index is 0.0807. The largest absolute Gasteiger partial charge is 0.392 e. The average molecular weight is 203 g/mol. The Morgan fingerprint density at radius 1 is 1.85 bits per heavy atom. The first-order valence-corrected chi connectivity index (χ1v) is 5.19. The minimum atomic E-state index is -0.534. The van der Waals surface area contributed by atoms with Gasteiger partial charge in [0, 0.05) is 18.7 Å². The zero-order valence-corrected chi connectivity index (χ0v) is 8.26. The van der Waals surface area contributed by atoms with Crippen molar-refractivity contribution < 1.29 is 14.7 Å². The van der Waals surface area contributed by atoms with E-state index in [0.717, 1.165) is 0 Å². The second-order valence-corrected chi connectivity index (χ2v) is 4.26. The molecule has 1 saturated heterocycles. The molecule has 1 aliphatic rings. The number of carbonyl (C=O) groups excluding carboxylic acids is 2. The Labute approximate surface area is 81.1 Å². The average Bonchev–Trinajstić information content (AvgIpc) is 2.47. The highest BCUT2D eigenvalue weighted by molar-refractivity contribution is 8.14. The number of hydrogen-bond acceptors (Lipinski definition) is 4. The first-order chi connectivity index (χ1) is 6.09. The third-order valence-corrected chi connectivity index (χ3v) is 2.86. The van der Waals surface area contributed by atoms with Crippen molar-refractivity contribution in [2.75, 3.05) is 12.3 Å². The van der Waals surface area contributed by atoms with Crippen molar-refractivity contribution in [1.29, 1.82) is 0 Å². The van der Waals surface area contributed by atoms with Crippen LogP contribution in [0.1, 0.15) is 13.3 Å². The van der Waals surface area contributed by atoms with Gasteiger partial charge in [-0.05, 0) is 6.92 Å². The topological polar surface area (TPSA) is 66.4 Å². The van der Waals surface area contributed by atoms with E-state index in [2.05, 4.69) is 5.32 Å². The molecule has 13 heavy (non-hydrogen) atoms. The van der Waals surface area contributed by atoms with Gasteiger partial charge < -0.3 is 10.4 Å². The predicted octanol–water partition coefficient (Wildman–Crippen LogP) is -0.237. The summed E-state index contributed by atoms with van der Waals surface area (Å²) in [5.41, 5.74) is 0. The van der Waals surface area contributed by atoms with E-state index in [9.17, 15) is 9.59 Å². The molecule has 4 nitrogen and oxygen atoms in total. The molecule has 1 heterocycles. The number of aliphatic hydroxyl groups excluding tert-OH is 1. The van der Waals surface area contributed by atoms with E-state index in [0.29, 0.717) is 12.2 Å². The summed E-state index contributed by atoms with van der Waals surface area (Å²) < 4.78 is 0. The Balaban J connectivity index is 2.27. The van der Waals surface area contributed by atoms with Crippen LogP contribution in [0.5, 0.6) is 0 Å². The lowest BCUT2D eigenvalue weighted by atomic mass is 10.1. The maximum absolute atomic E-state index is 11.3. The van der Waals surface area contributed by atoms with Crippen molar-refractivity contribution in [2.45, 2.75) is 19.4 Å². The van der Waals surface area contributed by atoms with Crippen molar-refractivity contribution >= 4 is 22.8 Å². The Morgan fingerprint density at radius 3 is 3.00 bits per heavy atom. The lowest BCUT2D eigenvalue weighted by Gasteiger charge is -2.10. The van der Waals surface area contributed by atoms with Gasteiger partial charge in [-0.1, -0.05) is 11.8 Å². The molecule has 0 saturated carbocycles. The van der Waals surface area contributed by atoms with Gasteiger partial charge in [-0.2, -0.15) is 0 Å². The van der Waals surface area contributed by atoms with E-state index in [1.54, 1.807) is 6.92 Å². The summed E-state index contributed by atoms with van der Waals surface area (Å²) in [6, 6.07) is 0. The van der Waals surface area contributed by atoms with E-state index >= 15 is 0 Å². The SMILES string of the molecule is CC(O)CNC(=O)C1CSC(=O)C1. The highest BCUT2D eigenvalue weighted by Crippen LogP contribution is 2.25. The molecule has 0 aromatic heterocycles. The Kier molecular flexibility index (Phi) is 3.74. The van der Waals surface area contributed by atoms with Gasteiger partial charge >= 0.3 is 0 Å². The molecule has 0 spiro atoms. The monoisotopic (exact) mass is 203 g/mol. The second kappa shape index (κ2) is 4.62. The zero-order chi connectivity index (χ0) is 9.84. The second-order valence-electron chi connectivity index (χ2n) is 3.18. The molecule has 2 N–H and O–H groups in total. The van der Waals surface area contributed by atoms with Crippen LogP contribution in [0.2, 0.25) is 0 Å². The molecule has 1 amide bonds. The van der Waals surface area contributed by atoms with Crippen LogP contribution in [0.15, 0.2) is 0 Å². The lowest BCUT2D eigenvalue weighted by Crippen LogP contribution is -2.35. The predicted molar refractivity (Wildman–Crippen MR) is 50.3 cm³/mol. The normalized spacial score (nSPS) is 24.5.